The topological polar surface area (TPSA) is 104 Å². The van der Waals surface area contributed by atoms with Crippen LogP contribution in [0.1, 0.15) is 5.69 Å². The van der Waals surface area contributed by atoms with E-state index in [0.29, 0.717) is 16.5 Å². The average molecular weight is 526 g/mol. The second-order valence-corrected chi connectivity index (χ2v) is 10.2. The molecular formula is C25H17ClFN3O5S. The fourth-order valence-corrected chi connectivity index (χ4v) is 5.41. The number of fused-ring (bicyclic) bond motifs is 1. The van der Waals surface area contributed by atoms with Crippen LogP contribution in [-0.4, -0.2) is 30.2 Å². The molecule has 0 saturated heterocycles. The number of sulfone groups is 1. The molecule has 0 aliphatic carbocycles. The van der Waals surface area contributed by atoms with Gasteiger partial charge in [0.2, 0.25) is 5.88 Å². The quantitative estimate of drug-likeness (QED) is 0.313. The van der Waals surface area contributed by atoms with Crippen molar-refractivity contribution in [3.63, 3.8) is 0 Å². The zero-order valence-corrected chi connectivity index (χ0v) is 20.3. The Bertz CT molecular complexity index is 1770. The van der Waals surface area contributed by atoms with Crippen LogP contribution in [0.2, 0.25) is 5.02 Å². The summed E-state index contributed by atoms with van der Waals surface area (Å²) in [6.45, 7) is 0. The zero-order chi connectivity index (χ0) is 25.4. The molecule has 11 heteroatoms. The van der Waals surface area contributed by atoms with Gasteiger partial charge in [-0.1, -0.05) is 28.9 Å². The van der Waals surface area contributed by atoms with E-state index in [-0.39, 0.29) is 38.6 Å². The van der Waals surface area contributed by atoms with Gasteiger partial charge < -0.3 is 9.26 Å². The summed E-state index contributed by atoms with van der Waals surface area (Å²) in [5.74, 6) is -0.701. The van der Waals surface area contributed by atoms with Crippen LogP contribution in [0.4, 0.5) is 4.39 Å². The van der Waals surface area contributed by atoms with Crippen LogP contribution in [0.25, 0.3) is 27.8 Å². The standard InChI is InChI=1S/C25H17ClFN3O5S/c1-34-25-22(13-20(26)24(28-25)16-3-2-4-17(27)11-16)30-21-7-6-19(12-15(21)5-8-23(30)31)36(32,33)14-18-9-10-35-29-18/h2-13H,14H2,1H3. The molecule has 2 aromatic carbocycles. The molecule has 3 aromatic heterocycles. The van der Waals surface area contributed by atoms with Crippen LogP contribution >= 0.6 is 11.6 Å². The summed E-state index contributed by atoms with van der Waals surface area (Å²) in [7, 11) is -2.33. The van der Waals surface area contributed by atoms with Crippen LogP contribution in [-0.2, 0) is 15.6 Å². The summed E-state index contributed by atoms with van der Waals surface area (Å²) in [4.78, 5) is 17.5. The molecule has 0 bridgehead atoms. The third kappa shape index (κ3) is 4.36. The van der Waals surface area contributed by atoms with Crippen LogP contribution in [0.15, 0.2) is 87.2 Å². The molecule has 36 heavy (non-hydrogen) atoms. The molecular weight excluding hydrogens is 509 g/mol. The summed E-state index contributed by atoms with van der Waals surface area (Å²) in [6, 6.07) is 16.0. The third-order valence-electron chi connectivity index (χ3n) is 5.51. The molecule has 0 amide bonds. The minimum absolute atomic E-state index is 0.0628. The lowest BCUT2D eigenvalue weighted by Gasteiger charge is -2.16. The van der Waals surface area contributed by atoms with Gasteiger partial charge in [0.25, 0.3) is 5.56 Å². The van der Waals surface area contributed by atoms with E-state index >= 15 is 0 Å². The normalized spacial score (nSPS) is 11.6. The number of hydrogen-bond acceptors (Lipinski definition) is 7. The Labute approximate surface area is 209 Å². The van der Waals surface area contributed by atoms with Gasteiger partial charge in [0.1, 0.15) is 23.5 Å². The van der Waals surface area contributed by atoms with Gasteiger partial charge in [-0.15, -0.1) is 0 Å². The smallest absolute Gasteiger partial charge is 0.255 e. The van der Waals surface area contributed by atoms with Crippen molar-refractivity contribution in [2.45, 2.75) is 10.6 Å². The number of ether oxygens (including phenoxy) is 1. The van der Waals surface area contributed by atoms with E-state index in [9.17, 15) is 17.6 Å². The maximum atomic E-state index is 13.8. The Balaban J connectivity index is 1.65. The van der Waals surface area contributed by atoms with E-state index in [1.807, 2.05) is 0 Å². The van der Waals surface area contributed by atoms with Gasteiger partial charge in [-0.3, -0.25) is 9.36 Å². The highest BCUT2D eigenvalue weighted by molar-refractivity contribution is 7.90. The predicted octanol–water partition coefficient (Wildman–Crippen LogP) is 4.82. The Morgan fingerprint density at radius 1 is 1.08 bits per heavy atom. The number of nitrogens with zero attached hydrogens (tertiary/aromatic N) is 3. The van der Waals surface area contributed by atoms with E-state index < -0.39 is 21.2 Å². The second kappa shape index (κ2) is 9.21. The monoisotopic (exact) mass is 525 g/mol. The van der Waals surface area contributed by atoms with Gasteiger partial charge in [0, 0.05) is 23.1 Å². The number of halogens is 2. The SMILES string of the molecule is COc1nc(-c2cccc(F)c2)c(Cl)cc1-n1c(=O)ccc2cc(S(=O)(=O)Cc3ccon3)ccc21. The molecule has 0 spiro atoms. The van der Waals surface area contributed by atoms with Gasteiger partial charge in [0.05, 0.1) is 33.9 Å². The molecule has 3 heterocycles. The van der Waals surface area contributed by atoms with E-state index in [0.717, 1.165) is 0 Å². The minimum Gasteiger partial charge on any atom is -0.479 e. The highest BCUT2D eigenvalue weighted by atomic mass is 35.5. The second-order valence-electron chi connectivity index (χ2n) is 7.84. The van der Waals surface area contributed by atoms with E-state index in [1.54, 1.807) is 6.07 Å². The van der Waals surface area contributed by atoms with Crippen molar-refractivity contribution in [2.24, 2.45) is 0 Å². The van der Waals surface area contributed by atoms with Crippen LogP contribution in [0.3, 0.4) is 0 Å². The van der Waals surface area contributed by atoms with Gasteiger partial charge >= 0.3 is 0 Å². The van der Waals surface area contributed by atoms with E-state index in [4.69, 9.17) is 20.9 Å². The summed E-state index contributed by atoms with van der Waals surface area (Å²) in [5.41, 5.74) is 1.26. The lowest BCUT2D eigenvalue weighted by molar-refractivity contribution is 0.396. The van der Waals surface area contributed by atoms with Crippen molar-refractivity contribution in [1.29, 1.82) is 0 Å². The minimum atomic E-state index is -3.72. The molecule has 0 atom stereocenters. The molecule has 0 saturated carbocycles. The molecule has 182 valence electrons. The Morgan fingerprint density at radius 2 is 1.92 bits per heavy atom. The highest BCUT2D eigenvalue weighted by Gasteiger charge is 2.20. The molecule has 0 radical (unpaired) electrons. The van der Waals surface area contributed by atoms with E-state index in [1.165, 1.54) is 78.6 Å². The predicted molar refractivity (Wildman–Crippen MR) is 132 cm³/mol. The van der Waals surface area contributed by atoms with Crippen molar-refractivity contribution in [2.75, 3.05) is 7.11 Å². The van der Waals surface area contributed by atoms with Crippen LogP contribution in [0.5, 0.6) is 5.88 Å². The Kier molecular flexibility index (Phi) is 6.07. The van der Waals surface area contributed by atoms with Crippen molar-refractivity contribution >= 4 is 32.3 Å². The first-order valence-electron chi connectivity index (χ1n) is 10.6. The van der Waals surface area contributed by atoms with Crippen LogP contribution in [0, 0.1) is 5.82 Å². The molecule has 8 nitrogen and oxygen atoms in total. The van der Waals surface area contributed by atoms with Crippen molar-refractivity contribution < 1.29 is 22.1 Å². The molecule has 5 aromatic rings. The molecule has 0 unspecified atom stereocenters. The van der Waals surface area contributed by atoms with Gasteiger partial charge in [-0.25, -0.2) is 17.8 Å². The van der Waals surface area contributed by atoms with Gasteiger partial charge in [-0.05, 0) is 42.5 Å². The van der Waals surface area contributed by atoms with E-state index in [2.05, 4.69) is 10.1 Å². The number of pyridine rings is 2. The lowest BCUT2D eigenvalue weighted by Crippen LogP contribution is -2.19. The lowest BCUT2D eigenvalue weighted by atomic mass is 10.1. The summed E-state index contributed by atoms with van der Waals surface area (Å²) >= 11 is 6.50. The first-order chi connectivity index (χ1) is 17.3. The van der Waals surface area contributed by atoms with Gasteiger partial charge in [-0.2, -0.15) is 0 Å². The molecule has 0 aliphatic rings. The molecule has 0 N–H and O–H groups in total. The number of methoxy groups -OCH3 is 1. The number of benzene rings is 2. The fraction of sp³-hybridized carbons (Fsp3) is 0.0800. The number of rotatable bonds is 6. The molecule has 5 rings (SSSR count). The summed E-state index contributed by atoms with van der Waals surface area (Å²) in [5, 5.41) is 4.32. The average Bonchev–Trinajstić information content (AvgIpc) is 3.36. The molecule has 0 fully saturated rings. The zero-order valence-electron chi connectivity index (χ0n) is 18.7. The largest absolute Gasteiger partial charge is 0.479 e. The Morgan fingerprint density at radius 3 is 2.64 bits per heavy atom. The maximum absolute atomic E-state index is 13.8. The third-order valence-corrected chi connectivity index (χ3v) is 7.44. The van der Waals surface area contributed by atoms with Gasteiger partial charge in [0.15, 0.2) is 9.84 Å². The van der Waals surface area contributed by atoms with Crippen molar-refractivity contribution in [3.8, 4) is 22.8 Å². The maximum Gasteiger partial charge on any atom is 0.255 e. The molecule has 0 aliphatic heterocycles. The first-order valence-corrected chi connectivity index (χ1v) is 12.6. The van der Waals surface area contributed by atoms with Crippen LogP contribution < -0.4 is 10.3 Å². The first kappa shape index (κ1) is 23.7. The highest BCUT2D eigenvalue weighted by Crippen LogP contribution is 2.34. The Hall–Kier alpha value is -4.02. The van der Waals surface area contributed by atoms with Crippen molar-refractivity contribution in [3.05, 3.63) is 99.9 Å². The number of aromatic nitrogens is 3. The number of hydrogen-bond donors (Lipinski definition) is 0. The summed E-state index contributed by atoms with van der Waals surface area (Å²) in [6.07, 6.45) is 1.30. The summed E-state index contributed by atoms with van der Waals surface area (Å²) < 4.78 is 51.0. The fourth-order valence-electron chi connectivity index (χ4n) is 3.87. The van der Waals surface area contributed by atoms with Crippen molar-refractivity contribution in [1.82, 2.24) is 14.7 Å².